The van der Waals surface area contributed by atoms with Gasteiger partial charge in [-0.25, -0.2) is 0 Å². The second-order valence-corrected chi connectivity index (χ2v) is 6.81. The predicted octanol–water partition coefficient (Wildman–Crippen LogP) is 4.90. The number of pyridine rings is 1. The van der Waals surface area contributed by atoms with E-state index in [-0.39, 0.29) is 11.9 Å². The summed E-state index contributed by atoms with van der Waals surface area (Å²) < 4.78 is 0. The quantitative estimate of drug-likeness (QED) is 0.628. The van der Waals surface area contributed by atoms with Gasteiger partial charge in [-0.3, -0.25) is 9.78 Å². The number of para-hydroxylation sites is 1. The lowest BCUT2D eigenvalue weighted by Gasteiger charge is -2.27. The van der Waals surface area contributed by atoms with E-state index in [0.717, 1.165) is 16.9 Å². The Bertz CT molecular complexity index is 878. The zero-order valence-corrected chi connectivity index (χ0v) is 16.0. The molecular weight excluding hydrogens is 334 g/mol. The van der Waals surface area contributed by atoms with Crippen molar-refractivity contribution in [1.82, 2.24) is 9.88 Å². The number of carbonyl (C=O) groups is 1. The second kappa shape index (κ2) is 8.49. The maximum absolute atomic E-state index is 13.1. The lowest BCUT2D eigenvalue weighted by molar-refractivity contribution is 0.0684. The molecule has 0 fully saturated rings. The van der Waals surface area contributed by atoms with Crippen molar-refractivity contribution in [3.05, 3.63) is 90.3 Å². The van der Waals surface area contributed by atoms with Gasteiger partial charge in [0.25, 0.3) is 5.91 Å². The van der Waals surface area contributed by atoms with E-state index in [0.29, 0.717) is 12.2 Å². The summed E-state index contributed by atoms with van der Waals surface area (Å²) in [6.07, 6.45) is 1.70. The molecule has 0 radical (unpaired) electrons. The van der Waals surface area contributed by atoms with Gasteiger partial charge in [0.1, 0.15) is 5.69 Å². The third-order valence-electron chi connectivity index (χ3n) is 4.57. The van der Waals surface area contributed by atoms with Gasteiger partial charge in [-0.05, 0) is 43.7 Å². The lowest BCUT2D eigenvalue weighted by Crippen LogP contribution is -2.36. The Morgan fingerprint density at radius 3 is 2.19 bits per heavy atom. The van der Waals surface area contributed by atoms with Crippen molar-refractivity contribution in [2.75, 3.05) is 11.9 Å². The van der Waals surface area contributed by atoms with Gasteiger partial charge in [0.05, 0.1) is 0 Å². The van der Waals surface area contributed by atoms with Crippen LogP contribution in [0.3, 0.4) is 0 Å². The summed E-state index contributed by atoms with van der Waals surface area (Å²) in [5, 5.41) is 0. The highest BCUT2D eigenvalue weighted by Gasteiger charge is 2.21. The van der Waals surface area contributed by atoms with Crippen molar-refractivity contribution < 1.29 is 4.79 Å². The van der Waals surface area contributed by atoms with Crippen LogP contribution < -0.4 is 4.90 Å². The number of hydrogen-bond donors (Lipinski definition) is 0. The highest BCUT2D eigenvalue weighted by atomic mass is 16.2. The summed E-state index contributed by atoms with van der Waals surface area (Å²) in [5.41, 5.74) is 3.56. The van der Waals surface area contributed by atoms with Crippen LogP contribution in [0.5, 0.6) is 0 Å². The summed E-state index contributed by atoms with van der Waals surface area (Å²) in [6, 6.07) is 24.0. The molecule has 1 amide bonds. The van der Waals surface area contributed by atoms with Crippen LogP contribution in [0.4, 0.5) is 11.4 Å². The van der Waals surface area contributed by atoms with Crippen LogP contribution in [0.1, 0.15) is 29.9 Å². The summed E-state index contributed by atoms with van der Waals surface area (Å²) in [4.78, 5) is 21.4. The number of amides is 1. The molecule has 0 aliphatic rings. The van der Waals surface area contributed by atoms with E-state index in [2.05, 4.69) is 9.88 Å². The Kier molecular flexibility index (Phi) is 5.87. The Balaban J connectivity index is 1.85. The van der Waals surface area contributed by atoms with Crippen molar-refractivity contribution in [3.63, 3.8) is 0 Å². The zero-order valence-electron chi connectivity index (χ0n) is 16.0. The van der Waals surface area contributed by atoms with Crippen LogP contribution >= 0.6 is 0 Å². The van der Waals surface area contributed by atoms with E-state index in [9.17, 15) is 4.79 Å². The normalized spacial score (nSPS) is 10.7. The number of benzene rings is 2. The molecule has 4 heteroatoms. The van der Waals surface area contributed by atoms with Gasteiger partial charge in [0.2, 0.25) is 0 Å². The third-order valence-corrected chi connectivity index (χ3v) is 4.57. The van der Waals surface area contributed by atoms with Crippen LogP contribution in [0, 0.1) is 0 Å². The molecule has 4 nitrogen and oxygen atoms in total. The molecule has 0 aliphatic heterocycles. The van der Waals surface area contributed by atoms with E-state index in [1.54, 1.807) is 6.20 Å². The summed E-state index contributed by atoms with van der Waals surface area (Å²) in [6.45, 7) is 4.62. The largest absolute Gasteiger partial charge is 0.345 e. The standard InChI is InChI=1S/C23H25N3O/c1-18(2)26(17-19-10-6-4-7-11-19)23(27)22-16-21(14-15-24-22)25(3)20-12-8-5-9-13-20/h4-16,18H,17H2,1-3H3. The fourth-order valence-electron chi connectivity index (χ4n) is 2.96. The minimum Gasteiger partial charge on any atom is -0.345 e. The number of nitrogens with zero attached hydrogens (tertiary/aromatic N) is 3. The van der Waals surface area contributed by atoms with E-state index in [1.165, 1.54) is 0 Å². The number of hydrogen-bond acceptors (Lipinski definition) is 3. The average Bonchev–Trinajstić information content (AvgIpc) is 2.72. The molecule has 1 heterocycles. The number of carbonyl (C=O) groups excluding carboxylic acids is 1. The van der Waals surface area contributed by atoms with Crippen molar-refractivity contribution in [2.45, 2.75) is 26.4 Å². The van der Waals surface area contributed by atoms with Crippen LogP contribution in [0.15, 0.2) is 79.0 Å². The topological polar surface area (TPSA) is 36.4 Å². The maximum Gasteiger partial charge on any atom is 0.273 e. The number of anilines is 2. The molecule has 0 unspecified atom stereocenters. The zero-order chi connectivity index (χ0) is 19.2. The van der Waals surface area contributed by atoms with Crippen molar-refractivity contribution in [1.29, 1.82) is 0 Å². The van der Waals surface area contributed by atoms with Crippen LogP contribution in [0.25, 0.3) is 0 Å². The molecule has 3 rings (SSSR count). The fraction of sp³-hybridized carbons (Fsp3) is 0.217. The first-order chi connectivity index (χ1) is 13.1. The van der Waals surface area contributed by atoms with E-state index in [4.69, 9.17) is 0 Å². The minimum atomic E-state index is -0.0582. The molecule has 138 valence electrons. The Hall–Kier alpha value is -3.14. The molecule has 0 aliphatic carbocycles. The van der Waals surface area contributed by atoms with Gasteiger partial charge >= 0.3 is 0 Å². The molecule has 27 heavy (non-hydrogen) atoms. The molecule has 0 N–H and O–H groups in total. The molecule has 0 atom stereocenters. The Morgan fingerprint density at radius 2 is 1.56 bits per heavy atom. The van der Waals surface area contributed by atoms with Gasteiger partial charge in [-0.2, -0.15) is 0 Å². The highest BCUT2D eigenvalue weighted by Crippen LogP contribution is 2.24. The summed E-state index contributed by atoms with van der Waals surface area (Å²) >= 11 is 0. The monoisotopic (exact) mass is 359 g/mol. The molecular formula is C23H25N3O. The molecule has 0 spiro atoms. The smallest absolute Gasteiger partial charge is 0.273 e. The van der Waals surface area contributed by atoms with Gasteiger partial charge in [0, 0.05) is 37.2 Å². The minimum absolute atomic E-state index is 0.0582. The summed E-state index contributed by atoms with van der Waals surface area (Å²) in [7, 11) is 1.99. The van der Waals surface area contributed by atoms with Crippen molar-refractivity contribution in [3.8, 4) is 0 Å². The van der Waals surface area contributed by atoms with Gasteiger partial charge in [0.15, 0.2) is 0 Å². The molecule has 2 aromatic carbocycles. The van der Waals surface area contributed by atoms with Gasteiger partial charge in [-0.1, -0.05) is 48.5 Å². The molecule has 1 aromatic heterocycles. The first-order valence-corrected chi connectivity index (χ1v) is 9.16. The van der Waals surface area contributed by atoms with Crippen molar-refractivity contribution in [2.24, 2.45) is 0 Å². The number of rotatable bonds is 6. The lowest BCUT2D eigenvalue weighted by atomic mass is 10.1. The Labute approximate surface area is 161 Å². The second-order valence-electron chi connectivity index (χ2n) is 6.81. The highest BCUT2D eigenvalue weighted by molar-refractivity contribution is 5.93. The average molecular weight is 359 g/mol. The van der Waals surface area contributed by atoms with Crippen LogP contribution in [0.2, 0.25) is 0 Å². The van der Waals surface area contributed by atoms with E-state index < -0.39 is 0 Å². The van der Waals surface area contributed by atoms with E-state index >= 15 is 0 Å². The first kappa shape index (κ1) is 18.6. The van der Waals surface area contributed by atoms with Gasteiger partial charge < -0.3 is 9.80 Å². The molecule has 3 aromatic rings. The first-order valence-electron chi connectivity index (χ1n) is 9.16. The van der Waals surface area contributed by atoms with Gasteiger partial charge in [-0.15, -0.1) is 0 Å². The molecule has 0 bridgehead atoms. The van der Waals surface area contributed by atoms with E-state index in [1.807, 2.05) is 98.6 Å². The van der Waals surface area contributed by atoms with Crippen LogP contribution in [-0.4, -0.2) is 28.9 Å². The fourth-order valence-corrected chi connectivity index (χ4v) is 2.96. The Morgan fingerprint density at radius 1 is 0.926 bits per heavy atom. The number of aromatic nitrogens is 1. The maximum atomic E-state index is 13.1. The molecule has 0 saturated carbocycles. The third kappa shape index (κ3) is 4.53. The van der Waals surface area contributed by atoms with Crippen LogP contribution in [-0.2, 0) is 6.54 Å². The predicted molar refractivity (Wildman–Crippen MR) is 110 cm³/mol. The SMILES string of the molecule is CC(C)N(Cc1ccccc1)C(=O)c1cc(N(C)c2ccccc2)ccn1. The van der Waals surface area contributed by atoms with Crippen molar-refractivity contribution >= 4 is 17.3 Å². The summed E-state index contributed by atoms with van der Waals surface area (Å²) in [5.74, 6) is -0.0582. The molecule has 0 saturated heterocycles.